The molecule has 5 nitrogen and oxygen atoms in total. The van der Waals surface area contributed by atoms with Crippen molar-refractivity contribution in [2.75, 3.05) is 39.3 Å². The molecule has 2 aliphatic rings. The second-order valence-electron chi connectivity index (χ2n) is 7.57. The summed E-state index contributed by atoms with van der Waals surface area (Å²) in [7, 11) is 0. The van der Waals surface area contributed by atoms with E-state index < -0.39 is 0 Å². The third-order valence-corrected chi connectivity index (χ3v) is 5.58. The smallest absolute Gasteiger partial charge is 0.253 e. The predicted molar refractivity (Wildman–Crippen MR) is 106 cm³/mol. The van der Waals surface area contributed by atoms with E-state index in [0.29, 0.717) is 0 Å². The first kappa shape index (κ1) is 18.1. The molecule has 0 unspecified atom stereocenters. The molecule has 27 heavy (non-hydrogen) atoms. The van der Waals surface area contributed by atoms with Crippen LogP contribution in [0.2, 0.25) is 0 Å². The van der Waals surface area contributed by atoms with E-state index in [4.69, 9.17) is 0 Å². The molecule has 2 fully saturated rings. The van der Waals surface area contributed by atoms with Crippen LogP contribution < -0.4 is 0 Å². The summed E-state index contributed by atoms with van der Waals surface area (Å²) in [6, 6.07) is 14.3. The second kappa shape index (κ2) is 8.63. The second-order valence-corrected chi connectivity index (χ2v) is 7.57. The van der Waals surface area contributed by atoms with Crippen molar-refractivity contribution in [3.8, 4) is 0 Å². The van der Waals surface area contributed by atoms with Crippen molar-refractivity contribution in [3.63, 3.8) is 0 Å². The van der Waals surface area contributed by atoms with E-state index in [1.165, 1.54) is 5.56 Å². The summed E-state index contributed by atoms with van der Waals surface area (Å²) in [6.45, 7) is 7.98. The van der Waals surface area contributed by atoms with Gasteiger partial charge >= 0.3 is 0 Å². The summed E-state index contributed by atoms with van der Waals surface area (Å²) in [5.74, 6) is 0.183. The Kier molecular flexibility index (Phi) is 5.80. The molecular formula is C22H28N4O. The number of hydrogen-bond acceptors (Lipinski definition) is 4. The van der Waals surface area contributed by atoms with Crippen molar-refractivity contribution in [3.05, 3.63) is 65.5 Å². The van der Waals surface area contributed by atoms with E-state index in [0.717, 1.165) is 76.5 Å². The molecule has 2 saturated heterocycles. The van der Waals surface area contributed by atoms with Crippen molar-refractivity contribution < 1.29 is 4.79 Å². The maximum absolute atomic E-state index is 12.4. The van der Waals surface area contributed by atoms with Crippen LogP contribution in [0.25, 0.3) is 0 Å². The van der Waals surface area contributed by atoms with Crippen LogP contribution in [0.5, 0.6) is 0 Å². The lowest BCUT2D eigenvalue weighted by molar-refractivity contribution is 0.0792. The van der Waals surface area contributed by atoms with Crippen LogP contribution in [0.15, 0.2) is 48.7 Å². The first-order valence-corrected chi connectivity index (χ1v) is 10.0. The molecule has 2 aromatic rings. The molecule has 0 aliphatic carbocycles. The van der Waals surface area contributed by atoms with Gasteiger partial charge in [-0.15, -0.1) is 0 Å². The third kappa shape index (κ3) is 4.73. The van der Waals surface area contributed by atoms with Crippen molar-refractivity contribution in [1.82, 2.24) is 19.7 Å². The van der Waals surface area contributed by atoms with Gasteiger partial charge in [-0.2, -0.15) is 0 Å². The normalized spacial score (nSPS) is 18.7. The number of carbonyl (C=O) groups is 1. The van der Waals surface area contributed by atoms with Gasteiger partial charge in [0.05, 0.1) is 5.69 Å². The van der Waals surface area contributed by atoms with Gasteiger partial charge in [-0.25, -0.2) is 0 Å². The SMILES string of the molecule is O=C(c1ccc(CN2CCN(Cc3ccccn3)CC2)cc1)N1CCCC1. The lowest BCUT2D eigenvalue weighted by atomic mass is 10.1. The Balaban J connectivity index is 1.26. The summed E-state index contributed by atoms with van der Waals surface area (Å²) in [5.41, 5.74) is 3.25. The number of benzene rings is 1. The lowest BCUT2D eigenvalue weighted by Gasteiger charge is -2.34. The van der Waals surface area contributed by atoms with Gasteiger partial charge in [0.2, 0.25) is 0 Å². The minimum atomic E-state index is 0.183. The van der Waals surface area contributed by atoms with E-state index in [-0.39, 0.29) is 5.91 Å². The average Bonchev–Trinajstić information content (AvgIpc) is 3.25. The molecule has 1 aromatic heterocycles. The molecule has 0 atom stereocenters. The van der Waals surface area contributed by atoms with E-state index in [1.807, 2.05) is 29.3 Å². The first-order valence-electron chi connectivity index (χ1n) is 10.0. The predicted octanol–water partition coefficient (Wildman–Crippen LogP) is 2.64. The summed E-state index contributed by atoms with van der Waals surface area (Å²) < 4.78 is 0. The average molecular weight is 364 g/mol. The molecule has 0 spiro atoms. The van der Waals surface area contributed by atoms with Crippen LogP contribution in [-0.2, 0) is 13.1 Å². The molecule has 0 saturated carbocycles. The van der Waals surface area contributed by atoms with Crippen molar-refractivity contribution in [2.24, 2.45) is 0 Å². The quantitative estimate of drug-likeness (QED) is 0.818. The number of pyridine rings is 1. The number of nitrogens with zero attached hydrogens (tertiary/aromatic N) is 4. The molecule has 0 bridgehead atoms. The van der Waals surface area contributed by atoms with Crippen molar-refractivity contribution in [2.45, 2.75) is 25.9 Å². The largest absolute Gasteiger partial charge is 0.339 e. The number of aromatic nitrogens is 1. The third-order valence-electron chi connectivity index (χ3n) is 5.58. The Morgan fingerprint density at radius 1 is 0.815 bits per heavy atom. The van der Waals surface area contributed by atoms with Crippen molar-refractivity contribution >= 4 is 5.91 Å². The van der Waals surface area contributed by atoms with E-state index in [2.05, 4.69) is 39.0 Å². The Morgan fingerprint density at radius 3 is 2.11 bits per heavy atom. The highest BCUT2D eigenvalue weighted by molar-refractivity contribution is 5.94. The highest BCUT2D eigenvalue weighted by Crippen LogP contribution is 2.15. The van der Waals surface area contributed by atoms with Crippen LogP contribution in [0, 0.1) is 0 Å². The van der Waals surface area contributed by atoms with Crippen LogP contribution in [0.3, 0.4) is 0 Å². The Labute approximate surface area is 161 Å². The van der Waals surface area contributed by atoms with E-state index in [9.17, 15) is 4.79 Å². The van der Waals surface area contributed by atoms with Crippen LogP contribution in [0.4, 0.5) is 0 Å². The van der Waals surface area contributed by atoms with E-state index >= 15 is 0 Å². The number of amides is 1. The molecule has 3 heterocycles. The van der Waals surface area contributed by atoms with E-state index in [1.54, 1.807) is 0 Å². The zero-order chi connectivity index (χ0) is 18.5. The van der Waals surface area contributed by atoms with Crippen LogP contribution in [0.1, 0.15) is 34.5 Å². The summed E-state index contributed by atoms with van der Waals surface area (Å²) in [5, 5.41) is 0. The van der Waals surface area contributed by atoms with Gasteiger partial charge in [0.1, 0.15) is 0 Å². The Bertz CT molecular complexity index is 733. The van der Waals surface area contributed by atoms with Gasteiger partial charge in [-0.3, -0.25) is 19.6 Å². The molecule has 1 aromatic carbocycles. The number of likely N-dealkylation sites (tertiary alicyclic amines) is 1. The number of rotatable bonds is 5. The zero-order valence-corrected chi connectivity index (χ0v) is 15.9. The fraction of sp³-hybridized carbons (Fsp3) is 0.455. The topological polar surface area (TPSA) is 39.7 Å². The minimum Gasteiger partial charge on any atom is -0.339 e. The van der Waals surface area contributed by atoms with Crippen molar-refractivity contribution in [1.29, 1.82) is 0 Å². The fourth-order valence-corrected chi connectivity index (χ4v) is 3.94. The summed E-state index contributed by atoms with van der Waals surface area (Å²) >= 11 is 0. The van der Waals surface area contributed by atoms with Crippen LogP contribution >= 0.6 is 0 Å². The molecule has 0 radical (unpaired) electrons. The highest BCUT2D eigenvalue weighted by Gasteiger charge is 2.20. The number of carbonyl (C=O) groups excluding carboxylic acids is 1. The van der Waals surface area contributed by atoms with Gasteiger partial charge in [0, 0.05) is 64.1 Å². The number of hydrogen-bond donors (Lipinski definition) is 0. The molecule has 2 aliphatic heterocycles. The molecular weight excluding hydrogens is 336 g/mol. The monoisotopic (exact) mass is 364 g/mol. The Hall–Kier alpha value is -2.24. The molecule has 4 rings (SSSR count). The number of piperazine rings is 1. The first-order chi connectivity index (χ1) is 13.3. The minimum absolute atomic E-state index is 0.183. The Morgan fingerprint density at radius 2 is 1.48 bits per heavy atom. The molecule has 142 valence electrons. The van der Waals surface area contributed by atoms with Gasteiger partial charge in [-0.05, 0) is 42.7 Å². The summed E-state index contributed by atoms with van der Waals surface area (Å²) in [4.78, 5) is 23.8. The zero-order valence-electron chi connectivity index (χ0n) is 15.9. The molecule has 0 N–H and O–H groups in total. The standard InChI is InChI=1S/C22H28N4O/c27-22(26-11-3-4-12-26)20-8-6-19(7-9-20)17-24-13-15-25(16-14-24)18-21-5-1-2-10-23-21/h1-2,5-10H,3-4,11-18H2. The van der Waals surface area contributed by atoms with Gasteiger partial charge < -0.3 is 4.90 Å². The summed E-state index contributed by atoms with van der Waals surface area (Å²) in [6.07, 6.45) is 4.13. The highest BCUT2D eigenvalue weighted by atomic mass is 16.2. The fourth-order valence-electron chi connectivity index (χ4n) is 3.94. The molecule has 1 amide bonds. The van der Waals surface area contributed by atoms with Crippen LogP contribution in [-0.4, -0.2) is 64.9 Å². The maximum Gasteiger partial charge on any atom is 0.253 e. The van der Waals surface area contributed by atoms with Gasteiger partial charge in [0.25, 0.3) is 5.91 Å². The molecule has 5 heteroatoms. The maximum atomic E-state index is 12.4. The van der Waals surface area contributed by atoms with Gasteiger partial charge in [-0.1, -0.05) is 18.2 Å². The lowest BCUT2D eigenvalue weighted by Crippen LogP contribution is -2.45. The van der Waals surface area contributed by atoms with Gasteiger partial charge in [0.15, 0.2) is 0 Å².